The fraction of sp³-hybridized carbons (Fsp3) is 0.0769. The van der Waals surface area contributed by atoms with Gasteiger partial charge in [0.15, 0.2) is 6.29 Å². The first-order valence-electron chi connectivity index (χ1n) is 5.29. The summed E-state index contributed by atoms with van der Waals surface area (Å²) in [6.07, 6.45) is -1.57. The van der Waals surface area contributed by atoms with E-state index in [0.29, 0.717) is 16.7 Å². The van der Waals surface area contributed by atoms with Crippen molar-refractivity contribution in [1.29, 1.82) is 0 Å². The van der Waals surface area contributed by atoms with Crippen LogP contribution in [0.3, 0.4) is 0 Å². The number of nitro benzene ring substituents is 1. The van der Waals surface area contributed by atoms with Crippen LogP contribution in [0, 0.1) is 10.1 Å². The molecular weight excluding hydrogens is 234 g/mol. The summed E-state index contributed by atoms with van der Waals surface area (Å²) >= 11 is 0. The third-order valence-corrected chi connectivity index (χ3v) is 2.63. The Hall–Kier alpha value is -2.24. The highest BCUT2D eigenvalue weighted by Crippen LogP contribution is 2.28. The second-order valence-electron chi connectivity index (χ2n) is 3.76. The molecule has 0 aliphatic carbocycles. The van der Waals surface area contributed by atoms with Gasteiger partial charge < -0.3 is 10.2 Å². The Kier molecular flexibility index (Phi) is 3.36. The van der Waals surface area contributed by atoms with E-state index in [-0.39, 0.29) is 5.69 Å². The van der Waals surface area contributed by atoms with Crippen molar-refractivity contribution >= 4 is 5.69 Å². The first-order valence-corrected chi connectivity index (χ1v) is 5.29. The Bertz CT molecular complexity index is 563. The highest BCUT2D eigenvalue weighted by Gasteiger charge is 2.11. The van der Waals surface area contributed by atoms with Crippen LogP contribution in [0.4, 0.5) is 5.69 Å². The number of aliphatic hydroxyl groups excluding tert-OH is 1. The van der Waals surface area contributed by atoms with E-state index in [1.807, 2.05) is 0 Å². The van der Waals surface area contributed by atoms with Crippen LogP contribution in [-0.2, 0) is 0 Å². The summed E-state index contributed by atoms with van der Waals surface area (Å²) in [6.45, 7) is 0. The molecule has 92 valence electrons. The highest BCUT2D eigenvalue weighted by molar-refractivity contribution is 5.68. The van der Waals surface area contributed by atoms with Gasteiger partial charge in [-0.1, -0.05) is 24.3 Å². The van der Waals surface area contributed by atoms with Gasteiger partial charge in [0.2, 0.25) is 0 Å². The van der Waals surface area contributed by atoms with E-state index in [2.05, 4.69) is 0 Å². The summed E-state index contributed by atoms with van der Waals surface area (Å²) in [7, 11) is 0. The first kappa shape index (κ1) is 12.2. The Balaban J connectivity index is 2.46. The summed E-state index contributed by atoms with van der Waals surface area (Å²) in [5.41, 5.74) is 1.71. The molecule has 2 N–H and O–H groups in total. The molecule has 0 amide bonds. The lowest BCUT2D eigenvalue weighted by Gasteiger charge is -2.10. The lowest BCUT2D eigenvalue weighted by atomic mass is 9.99. The molecule has 5 heteroatoms. The molecule has 0 saturated carbocycles. The molecule has 2 aromatic carbocycles. The summed E-state index contributed by atoms with van der Waals surface area (Å²) in [6, 6.07) is 12.7. The number of aliphatic hydroxyl groups is 2. The number of nitro groups is 1. The average Bonchev–Trinajstić information content (AvgIpc) is 2.39. The van der Waals surface area contributed by atoms with E-state index >= 15 is 0 Å². The molecule has 0 aliphatic heterocycles. The highest BCUT2D eigenvalue weighted by atomic mass is 16.6. The third-order valence-electron chi connectivity index (χ3n) is 2.63. The third kappa shape index (κ3) is 2.37. The van der Waals surface area contributed by atoms with Crippen LogP contribution in [0.5, 0.6) is 0 Å². The lowest BCUT2D eigenvalue weighted by Crippen LogP contribution is -1.97. The summed E-state index contributed by atoms with van der Waals surface area (Å²) in [5, 5.41) is 29.1. The predicted molar refractivity (Wildman–Crippen MR) is 65.7 cm³/mol. The predicted octanol–water partition coefficient (Wildman–Crippen LogP) is 2.25. The van der Waals surface area contributed by atoms with Crippen molar-refractivity contribution in [3.63, 3.8) is 0 Å². The minimum atomic E-state index is -1.57. The zero-order valence-electron chi connectivity index (χ0n) is 9.35. The number of rotatable bonds is 3. The number of nitrogens with zero attached hydrogens (tertiary/aromatic N) is 1. The van der Waals surface area contributed by atoms with Gasteiger partial charge in [-0.05, 0) is 23.3 Å². The fourth-order valence-corrected chi connectivity index (χ4v) is 1.75. The van der Waals surface area contributed by atoms with Crippen molar-refractivity contribution in [2.24, 2.45) is 0 Å². The molecule has 0 atom stereocenters. The molecule has 0 saturated heterocycles. The molecule has 5 nitrogen and oxygen atoms in total. The van der Waals surface area contributed by atoms with Crippen LogP contribution in [0.2, 0.25) is 0 Å². The Morgan fingerprint density at radius 3 is 2.17 bits per heavy atom. The van der Waals surface area contributed by atoms with Crippen LogP contribution >= 0.6 is 0 Å². The molecule has 0 heterocycles. The van der Waals surface area contributed by atoms with E-state index in [0.717, 1.165) is 0 Å². The summed E-state index contributed by atoms with van der Waals surface area (Å²) < 4.78 is 0. The van der Waals surface area contributed by atoms with Crippen molar-refractivity contribution in [1.82, 2.24) is 0 Å². The second kappa shape index (κ2) is 4.95. The SMILES string of the molecule is O=[N+]([O-])c1ccc(-c2ccccc2C(O)O)cc1. The molecule has 0 spiro atoms. The number of hydrogen-bond donors (Lipinski definition) is 2. The van der Waals surface area contributed by atoms with Crippen LogP contribution in [-0.4, -0.2) is 15.1 Å². The van der Waals surface area contributed by atoms with Gasteiger partial charge in [0.25, 0.3) is 5.69 Å². The number of benzene rings is 2. The van der Waals surface area contributed by atoms with Crippen LogP contribution < -0.4 is 0 Å². The molecule has 18 heavy (non-hydrogen) atoms. The molecule has 2 rings (SSSR count). The zero-order valence-corrected chi connectivity index (χ0v) is 9.35. The fourth-order valence-electron chi connectivity index (χ4n) is 1.75. The molecule has 0 aromatic heterocycles. The molecule has 0 bridgehead atoms. The normalized spacial score (nSPS) is 10.6. The molecular formula is C13H11NO4. The lowest BCUT2D eigenvalue weighted by molar-refractivity contribution is -0.384. The molecule has 2 aromatic rings. The maximum absolute atomic E-state index is 10.5. The van der Waals surface area contributed by atoms with E-state index in [9.17, 15) is 20.3 Å². The van der Waals surface area contributed by atoms with Gasteiger partial charge in [-0.2, -0.15) is 0 Å². The van der Waals surface area contributed by atoms with Crippen molar-refractivity contribution in [3.05, 3.63) is 64.2 Å². The average molecular weight is 245 g/mol. The van der Waals surface area contributed by atoms with Gasteiger partial charge in [-0.15, -0.1) is 0 Å². The topological polar surface area (TPSA) is 83.6 Å². The summed E-state index contributed by atoms with van der Waals surface area (Å²) in [4.78, 5) is 10.1. The smallest absolute Gasteiger partial charge is 0.269 e. The molecule has 0 radical (unpaired) electrons. The van der Waals surface area contributed by atoms with Crippen molar-refractivity contribution in [2.75, 3.05) is 0 Å². The van der Waals surface area contributed by atoms with Crippen LogP contribution in [0.15, 0.2) is 48.5 Å². The van der Waals surface area contributed by atoms with Crippen molar-refractivity contribution in [3.8, 4) is 11.1 Å². The standard InChI is InChI=1S/C13H11NO4/c15-13(16)12-4-2-1-3-11(12)9-5-7-10(8-6-9)14(17)18/h1-8,13,15-16H. The van der Waals surface area contributed by atoms with Crippen molar-refractivity contribution in [2.45, 2.75) is 6.29 Å². The van der Waals surface area contributed by atoms with Gasteiger partial charge >= 0.3 is 0 Å². The monoisotopic (exact) mass is 245 g/mol. The minimum Gasteiger partial charge on any atom is -0.364 e. The largest absolute Gasteiger partial charge is 0.364 e. The van der Waals surface area contributed by atoms with Crippen LogP contribution in [0.25, 0.3) is 11.1 Å². The van der Waals surface area contributed by atoms with Gasteiger partial charge in [-0.3, -0.25) is 10.1 Å². The van der Waals surface area contributed by atoms with E-state index in [1.165, 1.54) is 12.1 Å². The molecule has 0 aliphatic rings. The van der Waals surface area contributed by atoms with E-state index in [4.69, 9.17) is 0 Å². The quantitative estimate of drug-likeness (QED) is 0.493. The second-order valence-corrected chi connectivity index (χ2v) is 3.76. The Morgan fingerprint density at radius 2 is 1.61 bits per heavy atom. The Morgan fingerprint density at radius 1 is 1.00 bits per heavy atom. The van der Waals surface area contributed by atoms with Crippen molar-refractivity contribution < 1.29 is 15.1 Å². The first-order chi connectivity index (χ1) is 8.59. The van der Waals surface area contributed by atoms with E-state index < -0.39 is 11.2 Å². The van der Waals surface area contributed by atoms with E-state index in [1.54, 1.807) is 36.4 Å². The number of hydrogen-bond acceptors (Lipinski definition) is 4. The number of non-ortho nitro benzene ring substituents is 1. The maximum atomic E-state index is 10.5. The van der Waals surface area contributed by atoms with Gasteiger partial charge in [0, 0.05) is 17.7 Å². The minimum absolute atomic E-state index is 0.000720. The maximum Gasteiger partial charge on any atom is 0.269 e. The zero-order chi connectivity index (χ0) is 13.1. The van der Waals surface area contributed by atoms with Gasteiger partial charge in [-0.25, -0.2) is 0 Å². The Labute approximate surface area is 103 Å². The summed E-state index contributed by atoms with van der Waals surface area (Å²) in [5.74, 6) is 0. The van der Waals surface area contributed by atoms with Gasteiger partial charge in [0.1, 0.15) is 0 Å². The van der Waals surface area contributed by atoms with Gasteiger partial charge in [0.05, 0.1) is 4.92 Å². The molecule has 0 unspecified atom stereocenters. The van der Waals surface area contributed by atoms with Crippen LogP contribution in [0.1, 0.15) is 11.9 Å². The molecule has 0 fully saturated rings.